The Morgan fingerprint density at radius 1 is 1.11 bits per heavy atom. The minimum Gasteiger partial charge on any atom is -0.490 e. The number of aliphatic carboxylic acids is 1. The summed E-state index contributed by atoms with van der Waals surface area (Å²) in [5, 5.41) is 17.9. The molecule has 2 aliphatic rings. The van der Waals surface area contributed by atoms with E-state index < -0.39 is 5.97 Å². The quantitative estimate of drug-likeness (QED) is 0.557. The Kier molecular flexibility index (Phi) is 6.73. The summed E-state index contributed by atoms with van der Waals surface area (Å²) >= 11 is 0. The second-order valence-corrected chi connectivity index (χ2v) is 9.54. The minimum atomic E-state index is -0.748. The van der Waals surface area contributed by atoms with Crippen molar-refractivity contribution in [2.75, 3.05) is 13.3 Å². The molecule has 1 aromatic heterocycles. The van der Waals surface area contributed by atoms with Crippen LogP contribution in [0.3, 0.4) is 0 Å². The molecule has 5 rings (SSSR count). The number of nitrogens with zero attached hydrogens (tertiary/aromatic N) is 4. The number of amides is 1. The van der Waals surface area contributed by atoms with Gasteiger partial charge in [0.1, 0.15) is 24.3 Å². The molecule has 1 saturated heterocycles. The first-order valence-corrected chi connectivity index (χ1v) is 12.3. The maximum Gasteiger partial charge on any atom is 0.306 e. The molecule has 0 spiro atoms. The molecular weight excluding hydrogens is 460 g/mol. The summed E-state index contributed by atoms with van der Waals surface area (Å²) in [7, 11) is 1.82. The van der Waals surface area contributed by atoms with E-state index in [9.17, 15) is 14.7 Å². The Hall–Kier alpha value is -3.72. The van der Waals surface area contributed by atoms with Gasteiger partial charge in [-0.05, 0) is 68.5 Å². The van der Waals surface area contributed by atoms with Crippen molar-refractivity contribution in [2.24, 2.45) is 13.0 Å². The molecule has 0 bridgehead atoms. The van der Waals surface area contributed by atoms with Crippen molar-refractivity contribution in [1.29, 1.82) is 0 Å². The molecule has 1 amide bonds. The molecule has 1 unspecified atom stereocenters. The Morgan fingerprint density at radius 2 is 1.89 bits per heavy atom. The van der Waals surface area contributed by atoms with E-state index in [0.717, 1.165) is 29.7 Å². The maximum absolute atomic E-state index is 13.0. The predicted octanol–water partition coefficient (Wildman–Crippen LogP) is 3.98. The molecule has 1 N–H and O–H groups in total. The number of carboxylic acids is 1. The number of hydrogen-bond donors (Lipinski definition) is 1. The first-order chi connectivity index (χ1) is 17.4. The molecule has 2 heterocycles. The number of benzene rings is 2. The van der Waals surface area contributed by atoms with Crippen molar-refractivity contribution < 1.29 is 24.2 Å². The first-order valence-electron chi connectivity index (χ1n) is 12.3. The van der Waals surface area contributed by atoms with Crippen LogP contribution in [0.1, 0.15) is 53.4 Å². The summed E-state index contributed by atoms with van der Waals surface area (Å²) in [5.41, 5.74) is 3.98. The minimum absolute atomic E-state index is 0.0540. The number of hydrogen-bond acceptors (Lipinski definition) is 6. The lowest BCUT2D eigenvalue weighted by molar-refractivity contribution is -0.143. The van der Waals surface area contributed by atoms with Crippen LogP contribution in [0.15, 0.2) is 48.5 Å². The largest absolute Gasteiger partial charge is 0.490 e. The highest BCUT2D eigenvalue weighted by Crippen LogP contribution is 2.34. The zero-order chi connectivity index (χ0) is 25.2. The lowest BCUT2D eigenvalue weighted by atomic mass is 9.87. The number of aryl methyl sites for hydroxylation is 2. The molecule has 0 radical (unpaired) electrons. The smallest absolute Gasteiger partial charge is 0.306 e. The van der Waals surface area contributed by atoms with Gasteiger partial charge in [-0.1, -0.05) is 23.4 Å². The highest BCUT2D eigenvalue weighted by Gasteiger charge is 2.34. The van der Waals surface area contributed by atoms with E-state index in [4.69, 9.17) is 9.47 Å². The fourth-order valence-corrected chi connectivity index (χ4v) is 5.07. The predicted molar refractivity (Wildman–Crippen MR) is 131 cm³/mol. The first kappa shape index (κ1) is 24.0. The monoisotopic (exact) mass is 490 g/mol. The van der Waals surface area contributed by atoms with Crippen LogP contribution in [0, 0.1) is 12.8 Å². The summed E-state index contributed by atoms with van der Waals surface area (Å²) in [4.78, 5) is 26.1. The molecule has 188 valence electrons. The van der Waals surface area contributed by atoms with Gasteiger partial charge in [-0.2, -0.15) is 0 Å². The summed E-state index contributed by atoms with van der Waals surface area (Å²) in [6, 6.07) is 15.1. The van der Waals surface area contributed by atoms with Gasteiger partial charge < -0.3 is 19.5 Å². The lowest BCUT2D eigenvalue weighted by Gasteiger charge is -2.27. The molecule has 3 aromatic rings. The van der Waals surface area contributed by atoms with Crippen LogP contribution in [-0.2, 0) is 16.6 Å². The van der Waals surface area contributed by atoms with Gasteiger partial charge in [-0.3, -0.25) is 9.59 Å². The molecular formula is C27H30N4O5. The van der Waals surface area contributed by atoms with E-state index in [0.29, 0.717) is 36.4 Å². The number of aromatic nitrogens is 3. The van der Waals surface area contributed by atoms with Crippen molar-refractivity contribution in [3.8, 4) is 17.0 Å². The maximum atomic E-state index is 13.0. The van der Waals surface area contributed by atoms with Crippen molar-refractivity contribution in [3.05, 3.63) is 65.4 Å². The number of rotatable bonds is 6. The summed E-state index contributed by atoms with van der Waals surface area (Å²) in [5.74, 6) is -0.440. The molecule has 2 aromatic carbocycles. The van der Waals surface area contributed by atoms with Gasteiger partial charge in [0, 0.05) is 18.2 Å². The van der Waals surface area contributed by atoms with E-state index >= 15 is 0 Å². The van der Waals surface area contributed by atoms with Crippen LogP contribution in [0.25, 0.3) is 11.3 Å². The summed E-state index contributed by atoms with van der Waals surface area (Å²) < 4.78 is 13.8. The van der Waals surface area contributed by atoms with Gasteiger partial charge in [0.05, 0.1) is 24.3 Å². The third-order valence-electron chi connectivity index (χ3n) is 7.06. The third-order valence-corrected chi connectivity index (χ3v) is 7.06. The van der Waals surface area contributed by atoms with E-state index in [1.165, 1.54) is 0 Å². The Balaban J connectivity index is 1.29. The third kappa shape index (κ3) is 4.83. The molecule has 36 heavy (non-hydrogen) atoms. The van der Waals surface area contributed by atoms with E-state index in [-0.39, 0.29) is 30.8 Å². The van der Waals surface area contributed by atoms with Crippen LogP contribution < -0.4 is 4.74 Å². The zero-order valence-corrected chi connectivity index (χ0v) is 20.5. The molecule has 9 heteroatoms. The van der Waals surface area contributed by atoms with Gasteiger partial charge in [0.2, 0.25) is 0 Å². The zero-order valence-electron chi connectivity index (χ0n) is 20.5. The lowest BCUT2D eigenvalue weighted by Crippen LogP contribution is -2.29. The van der Waals surface area contributed by atoms with Crippen molar-refractivity contribution >= 4 is 11.9 Å². The van der Waals surface area contributed by atoms with E-state index in [2.05, 4.69) is 10.3 Å². The average Bonchev–Trinajstić information content (AvgIpc) is 3.51. The van der Waals surface area contributed by atoms with Crippen molar-refractivity contribution in [1.82, 2.24) is 19.9 Å². The van der Waals surface area contributed by atoms with Crippen LogP contribution >= 0.6 is 0 Å². The molecule has 3 atom stereocenters. The second-order valence-electron chi connectivity index (χ2n) is 9.54. The number of carbonyl (C=O) groups is 2. The van der Waals surface area contributed by atoms with Crippen molar-refractivity contribution in [3.63, 3.8) is 0 Å². The number of ether oxygens (including phenoxy) is 2. The Labute approximate surface area is 209 Å². The normalized spacial score (nSPS) is 21.9. The molecule has 9 nitrogen and oxygen atoms in total. The Morgan fingerprint density at radius 3 is 2.64 bits per heavy atom. The number of carbonyl (C=O) groups excluding carboxylic acids is 1. The highest BCUT2D eigenvalue weighted by atomic mass is 16.5. The second kappa shape index (κ2) is 10.1. The fourth-order valence-electron chi connectivity index (χ4n) is 5.07. The van der Waals surface area contributed by atoms with Gasteiger partial charge in [0.15, 0.2) is 0 Å². The molecule has 1 aliphatic heterocycles. The SMILES string of the molecule is Cc1ccccc1C(=O)N1COC(c2c(-c3ccc(O[C@H]4CCC[C@H](C(=O)O)C4)cc3)nnn2C)C1. The topological polar surface area (TPSA) is 107 Å². The molecule has 2 fully saturated rings. The average molecular weight is 491 g/mol. The Bertz CT molecular complexity index is 1260. The van der Waals surface area contributed by atoms with E-state index in [1.807, 2.05) is 62.5 Å². The molecule has 1 saturated carbocycles. The van der Waals surface area contributed by atoms with Gasteiger partial charge in [0.25, 0.3) is 5.91 Å². The standard InChI is InChI=1S/C27H30N4O5/c1-17-6-3-4-9-22(17)26(32)31-15-23(35-16-31)25-24(28-29-30(25)2)18-10-12-20(13-11-18)36-21-8-5-7-19(14-21)27(33)34/h3-4,6,9-13,19,21,23H,5,7-8,14-16H2,1-2H3,(H,33,34)/t19-,21-,23?/m0/s1. The van der Waals surface area contributed by atoms with Crippen LogP contribution in [0.4, 0.5) is 0 Å². The summed E-state index contributed by atoms with van der Waals surface area (Å²) in [6.45, 7) is 2.54. The van der Waals surface area contributed by atoms with Gasteiger partial charge >= 0.3 is 5.97 Å². The van der Waals surface area contributed by atoms with E-state index in [1.54, 1.807) is 9.58 Å². The summed E-state index contributed by atoms with van der Waals surface area (Å²) in [6.07, 6.45) is 2.51. The van der Waals surface area contributed by atoms with Gasteiger partial charge in [-0.25, -0.2) is 4.68 Å². The highest BCUT2D eigenvalue weighted by molar-refractivity contribution is 5.95. The van der Waals surface area contributed by atoms with Crippen LogP contribution in [-0.4, -0.2) is 56.3 Å². The van der Waals surface area contributed by atoms with Crippen molar-refractivity contribution in [2.45, 2.75) is 44.8 Å². The van der Waals surface area contributed by atoms with Crippen LogP contribution in [0.5, 0.6) is 5.75 Å². The molecule has 1 aliphatic carbocycles. The fraction of sp³-hybridized carbons (Fsp3) is 0.407. The van der Waals surface area contributed by atoms with Gasteiger partial charge in [-0.15, -0.1) is 5.10 Å². The van der Waals surface area contributed by atoms with Crippen LogP contribution in [0.2, 0.25) is 0 Å². The number of carboxylic acid groups (broad SMARTS) is 1.